The zero-order valence-electron chi connectivity index (χ0n) is 45.2. The molecule has 0 radical (unpaired) electrons. The number of dihydropyridines is 1. The van der Waals surface area contributed by atoms with Gasteiger partial charge in [-0.15, -0.1) is 0 Å². The molecule has 5 aliphatic heterocycles. The van der Waals surface area contributed by atoms with E-state index in [1.54, 1.807) is 24.8 Å². The van der Waals surface area contributed by atoms with Gasteiger partial charge < -0.3 is 67.1 Å². The van der Waals surface area contributed by atoms with Crippen LogP contribution in [0.25, 0.3) is 54.8 Å². The fourth-order valence-electron chi connectivity index (χ4n) is 10.9. The van der Waals surface area contributed by atoms with Gasteiger partial charge in [0.05, 0.1) is 55.5 Å². The van der Waals surface area contributed by atoms with Gasteiger partial charge in [-0.25, -0.2) is 29.9 Å². The van der Waals surface area contributed by atoms with Crippen LogP contribution in [0.1, 0.15) is 28.1 Å². The molecule has 11 aromatic rings. The smallest absolute Gasteiger partial charge is 0.208 e. The molecule has 26 heteroatoms. The minimum absolute atomic E-state index is 0. The largest absolute Gasteiger partial charge is 0.387 e. The average Bonchev–Trinajstić information content (AvgIpc) is 1.58. The van der Waals surface area contributed by atoms with Crippen LogP contribution in [-0.2, 0) is 55.9 Å². The van der Waals surface area contributed by atoms with E-state index in [1.807, 2.05) is 153 Å². The van der Waals surface area contributed by atoms with Crippen molar-refractivity contribution < 1.29 is 39.0 Å². The molecule has 11 N–H and O–H groups in total. The summed E-state index contributed by atoms with van der Waals surface area (Å²) in [6.07, 6.45) is 12.8. The molecular formula is C58H48N24Zn2-2. The summed E-state index contributed by atoms with van der Waals surface area (Å²) in [6, 6.07) is 43.0. The van der Waals surface area contributed by atoms with Gasteiger partial charge in [0.25, 0.3) is 0 Å². The topological polar surface area (TPSA) is 315 Å². The van der Waals surface area contributed by atoms with E-state index in [1.165, 1.54) is 0 Å². The summed E-state index contributed by atoms with van der Waals surface area (Å²) in [7, 11) is 0. The number of guanidine groups is 4. The molecule has 5 aliphatic rings. The van der Waals surface area contributed by atoms with E-state index >= 15 is 0 Å². The molecule has 0 aliphatic carbocycles. The minimum Gasteiger partial charge on any atom is -0.387 e. The summed E-state index contributed by atoms with van der Waals surface area (Å²) in [5, 5.41) is 33.7. The summed E-state index contributed by atoms with van der Waals surface area (Å²) in [4.78, 5) is 66.3. The Morgan fingerprint density at radius 1 is 0.476 bits per heavy atom. The summed E-state index contributed by atoms with van der Waals surface area (Å²) < 4.78 is 0. The zero-order chi connectivity index (χ0) is 54.9. The van der Waals surface area contributed by atoms with Gasteiger partial charge in [-0.05, 0) is 122 Å². The Morgan fingerprint density at radius 2 is 0.964 bits per heavy atom. The van der Waals surface area contributed by atoms with Crippen LogP contribution in [-0.4, -0.2) is 90.9 Å². The van der Waals surface area contributed by atoms with E-state index in [2.05, 4.69) is 90.1 Å². The van der Waals surface area contributed by atoms with Crippen molar-refractivity contribution in [1.29, 1.82) is 0 Å². The van der Waals surface area contributed by atoms with Crippen LogP contribution in [0.5, 0.6) is 0 Å². The van der Waals surface area contributed by atoms with E-state index in [0.717, 1.165) is 66.4 Å². The number of hydrogen-bond acceptors (Lipinski definition) is 18. The number of para-hydroxylation sites is 4. The van der Waals surface area contributed by atoms with Crippen molar-refractivity contribution in [1.82, 2.24) is 70.8 Å². The van der Waals surface area contributed by atoms with Crippen LogP contribution in [0.2, 0.25) is 0 Å². The Kier molecular flexibility index (Phi) is 13.3. The molecule has 24 nitrogen and oxygen atoms in total. The van der Waals surface area contributed by atoms with E-state index in [-0.39, 0.29) is 39.0 Å². The number of fused-ring (bicyclic) bond motifs is 6. The monoisotopic (exact) mass is 1210 g/mol. The van der Waals surface area contributed by atoms with Gasteiger partial charge in [-0.3, -0.25) is 25.6 Å². The van der Waals surface area contributed by atoms with Crippen molar-refractivity contribution >= 4 is 91.8 Å². The molecule has 4 aromatic carbocycles. The minimum atomic E-state index is -1.27. The maximum absolute atomic E-state index is 5.17. The predicted molar refractivity (Wildman–Crippen MR) is 317 cm³/mol. The SMILES string of the molecule is Cc1ccc2nc(NC3=N[C@]4(C5=CC=CNC5)[N-]C(Nc5nc6ccccc6[nH]5)=N[C@]4(c4ccccn4)N3)[nH]c2c1.Cc1ccc2nc(NC3=N[C@]4(c5cccnc5)[N-]C(Nc5nc6ccccc6[nH]5)=N[C@]4(c4ccccn4)N3)[nH]c2c1.[Zn].[Zn]. The third-order valence-corrected chi connectivity index (χ3v) is 14.6. The molecule has 406 valence electrons. The van der Waals surface area contributed by atoms with Gasteiger partial charge in [0.2, 0.25) is 23.8 Å². The number of aromatic nitrogens is 11. The van der Waals surface area contributed by atoms with Crippen molar-refractivity contribution in [2.24, 2.45) is 20.0 Å². The molecule has 4 atom stereocenters. The number of nitrogens with zero attached hydrogens (tertiary/aromatic N) is 13. The number of aromatic amines is 4. The Hall–Kier alpha value is -10.2. The second-order valence-electron chi connectivity index (χ2n) is 20.1. The second kappa shape index (κ2) is 21.0. The van der Waals surface area contributed by atoms with E-state index in [0.29, 0.717) is 65.6 Å². The quantitative estimate of drug-likeness (QED) is 0.0637. The van der Waals surface area contributed by atoms with E-state index in [4.69, 9.17) is 45.6 Å². The average molecular weight is 1210 g/mol. The molecule has 0 bridgehead atoms. The van der Waals surface area contributed by atoms with Crippen molar-refractivity contribution in [2.45, 2.75) is 36.5 Å². The number of anilines is 4. The third-order valence-electron chi connectivity index (χ3n) is 14.6. The number of benzene rings is 4. The number of hydrogen-bond donors (Lipinski definition) is 11. The molecule has 0 unspecified atom stereocenters. The zero-order valence-corrected chi connectivity index (χ0v) is 51.1. The predicted octanol–water partition coefficient (Wildman–Crippen LogP) is 8.43. The summed E-state index contributed by atoms with van der Waals surface area (Å²) in [5.74, 6) is 3.78. The fourth-order valence-corrected chi connectivity index (χ4v) is 10.9. The summed E-state index contributed by atoms with van der Waals surface area (Å²) >= 11 is 0. The number of imidazole rings is 4. The number of allylic oxidation sites excluding steroid dienone is 2. The molecule has 0 saturated carbocycles. The number of aryl methyl sites for hydroxylation is 2. The molecule has 0 fully saturated rings. The fraction of sp³-hybridized carbons (Fsp3) is 0.121. The maximum Gasteiger partial charge on any atom is 0.208 e. The van der Waals surface area contributed by atoms with Gasteiger partial charge in [-0.2, -0.15) is 0 Å². The normalized spacial score (nSPS) is 21.5. The van der Waals surface area contributed by atoms with Crippen molar-refractivity contribution in [3.05, 3.63) is 221 Å². The van der Waals surface area contributed by atoms with Crippen LogP contribution in [0.4, 0.5) is 23.8 Å². The Bertz CT molecular complexity index is 4430. The van der Waals surface area contributed by atoms with Crippen LogP contribution in [0.3, 0.4) is 0 Å². The van der Waals surface area contributed by atoms with Crippen LogP contribution in [0, 0.1) is 13.8 Å². The number of aliphatic imine (C=N–C) groups is 4. The Balaban J connectivity index is 0.000000153. The first-order valence-corrected chi connectivity index (χ1v) is 26.4. The number of nitrogens with one attached hydrogen (secondary N) is 11. The van der Waals surface area contributed by atoms with Crippen molar-refractivity contribution in [3.63, 3.8) is 0 Å². The first kappa shape index (κ1) is 53.1. The van der Waals surface area contributed by atoms with Gasteiger partial charge in [0.15, 0.2) is 22.7 Å². The Labute approximate surface area is 503 Å². The van der Waals surface area contributed by atoms with Gasteiger partial charge >= 0.3 is 0 Å². The molecule has 0 saturated heterocycles. The number of rotatable bonds is 8. The standard InChI is InChI=1S/C29H25N12.C29H23N12.2Zn/c2*1-17-11-12-21-22(15-17)35-25(34-21)37-27-39-28(18-7-6-13-30-16-18)29(41-27,23-10-4-5-14-31-23)40-26(38-28)36-24-32-19-8-2-3-9-20(19)33-24;;/h2-15,30H,16H2,1H3,(H5-,32,33,34,35,36,37,38,39,40,41);2-16H,1H3,(H5-,32,33,34,35,36,37,38,39,40,41);;/q2*-1;;/t2*28-,29+;;/m00../s1. The van der Waals surface area contributed by atoms with Crippen LogP contribution >= 0.6 is 0 Å². The van der Waals surface area contributed by atoms with Crippen LogP contribution in [0.15, 0.2) is 202 Å². The molecule has 0 spiro atoms. The third kappa shape index (κ3) is 9.02. The summed E-state index contributed by atoms with van der Waals surface area (Å²) in [6.45, 7) is 4.63. The first-order valence-electron chi connectivity index (χ1n) is 26.4. The Morgan fingerprint density at radius 3 is 1.46 bits per heavy atom. The number of H-pyrrole nitrogens is 4. The summed E-state index contributed by atoms with van der Waals surface area (Å²) in [5.41, 5.74) is 7.44. The maximum atomic E-state index is 5.17. The van der Waals surface area contributed by atoms with Crippen LogP contribution < -0.4 is 37.2 Å². The second-order valence-corrected chi connectivity index (χ2v) is 20.1. The molecule has 84 heavy (non-hydrogen) atoms. The van der Waals surface area contributed by atoms with E-state index < -0.39 is 22.7 Å². The first-order chi connectivity index (χ1) is 40.2. The van der Waals surface area contributed by atoms with Gasteiger partial charge in [0.1, 0.15) is 11.9 Å². The number of pyridine rings is 3. The molecule has 7 aromatic heterocycles. The van der Waals surface area contributed by atoms with Crippen molar-refractivity contribution in [2.75, 3.05) is 27.8 Å². The molecule has 0 amide bonds. The molecular weight excluding hydrogens is 1160 g/mol. The molecule has 12 heterocycles. The van der Waals surface area contributed by atoms with E-state index in [9.17, 15) is 0 Å². The van der Waals surface area contributed by atoms with Gasteiger partial charge in [-0.1, -0.05) is 60.7 Å². The van der Waals surface area contributed by atoms with Gasteiger partial charge in [0, 0.05) is 87.8 Å². The molecule has 16 rings (SSSR count). The van der Waals surface area contributed by atoms with Crippen molar-refractivity contribution in [3.8, 4) is 0 Å².